The molecule has 1 unspecified atom stereocenters. The second-order valence-electron chi connectivity index (χ2n) is 6.06. The van der Waals surface area contributed by atoms with Crippen LogP contribution in [0.4, 0.5) is 15.8 Å². The van der Waals surface area contributed by atoms with E-state index in [0.717, 1.165) is 0 Å². The Morgan fingerprint density at radius 2 is 2.00 bits per heavy atom. The Kier molecular flexibility index (Phi) is 5.51. The number of carbonyl (C=O) groups excluding carboxylic acids is 2. The molecule has 1 N–H and O–H groups in total. The summed E-state index contributed by atoms with van der Waals surface area (Å²) in [6.45, 7) is 0.179. The van der Waals surface area contributed by atoms with Gasteiger partial charge in [0.1, 0.15) is 17.3 Å². The molecule has 1 saturated heterocycles. The molecule has 1 atom stereocenters. The molecule has 8 heteroatoms. The maximum Gasteiger partial charge on any atom is 0.229 e. The van der Waals surface area contributed by atoms with Gasteiger partial charge in [0.25, 0.3) is 0 Å². The van der Waals surface area contributed by atoms with E-state index < -0.39 is 11.7 Å². The summed E-state index contributed by atoms with van der Waals surface area (Å²) < 4.78 is 23.8. The van der Waals surface area contributed by atoms with E-state index in [-0.39, 0.29) is 29.8 Å². The number of hydrogen-bond acceptors (Lipinski definition) is 4. The maximum absolute atomic E-state index is 13.3. The highest BCUT2D eigenvalue weighted by molar-refractivity contribution is 6.31. The summed E-state index contributed by atoms with van der Waals surface area (Å²) in [6, 6.07) is 9.07. The van der Waals surface area contributed by atoms with Gasteiger partial charge >= 0.3 is 0 Å². The van der Waals surface area contributed by atoms with Crippen LogP contribution in [-0.2, 0) is 9.59 Å². The van der Waals surface area contributed by atoms with Crippen LogP contribution in [0.2, 0.25) is 5.02 Å². The summed E-state index contributed by atoms with van der Waals surface area (Å²) in [7, 11) is 3.02. The molecule has 1 heterocycles. The molecule has 3 rings (SSSR count). The van der Waals surface area contributed by atoms with Gasteiger partial charge in [-0.2, -0.15) is 0 Å². The van der Waals surface area contributed by atoms with Crippen LogP contribution in [0.1, 0.15) is 6.42 Å². The molecule has 0 spiro atoms. The van der Waals surface area contributed by atoms with Gasteiger partial charge in [0.15, 0.2) is 0 Å². The van der Waals surface area contributed by atoms with Crippen LogP contribution in [-0.4, -0.2) is 32.6 Å². The third kappa shape index (κ3) is 3.98. The van der Waals surface area contributed by atoms with E-state index in [1.54, 1.807) is 18.2 Å². The van der Waals surface area contributed by atoms with E-state index >= 15 is 0 Å². The number of nitrogens with zero attached hydrogens (tertiary/aromatic N) is 1. The number of nitrogens with one attached hydrogen (secondary N) is 1. The standard InChI is InChI=1S/C19H18ClFN2O4/c1-26-13-4-6-17(27-2)16(9-13)22-19(25)11-7-18(24)23(10-11)12-3-5-15(21)14(20)8-12/h3-6,8-9,11H,7,10H2,1-2H3,(H,22,25). The zero-order valence-electron chi connectivity index (χ0n) is 14.8. The lowest BCUT2D eigenvalue weighted by Crippen LogP contribution is -2.28. The first-order chi connectivity index (χ1) is 12.9. The van der Waals surface area contributed by atoms with Crippen LogP contribution < -0.4 is 19.7 Å². The Labute approximate surface area is 160 Å². The lowest BCUT2D eigenvalue weighted by Gasteiger charge is -2.17. The number of amides is 2. The molecular formula is C19H18ClFN2O4. The van der Waals surface area contributed by atoms with Crippen LogP contribution in [0, 0.1) is 11.7 Å². The summed E-state index contributed by atoms with van der Waals surface area (Å²) in [4.78, 5) is 26.4. The monoisotopic (exact) mass is 392 g/mol. The predicted octanol–water partition coefficient (Wildman–Crippen LogP) is 3.49. The van der Waals surface area contributed by atoms with Crippen LogP contribution in [0.3, 0.4) is 0 Å². The first kappa shape index (κ1) is 19.0. The van der Waals surface area contributed by atoms with Gasteiger partial charge in [0.2, 0.25) is 11.8 Å². The quantitative estimate of drug-likeness (QED) is 0.845. The van der Waals surface area contributed by atoms with Crippen molar-refractivity contribution in [2.75, 3.05) is 31.0 Å². The fourth-order valence-corrected chi connectivity index (χ4v) is 3.11. The van der Waals surface area contributed by atoms with Crippen molar-refractivity contribution in [3.05, 3.63) is 47.2 Å². The van der Waals surface area contributed by atoms with E-state index in [1.807, 2.05) is 0 Å². The number of methoxy groups -OCH3 is 2. The Morgan fingerprint density at radius 3 is 2.67 bits per heavy atom. The van der Waals surface area contributed by atoms with Crippen molar-refractivity contribution in [2.24, 2.45) is 5.92 Å². The molecular weight excluding hydrogens is 375 g/mol. The molecule has 2 aromatic carbocycles. The minimum Gasteiger partial charge on any atom is -0.497 e. The normalized spacial score (nSPS) is 16.4. The number of halogens is 2. The van der Waals surface area contributed by atoms with Crippen molar-refractivity contribution in [1.29, 1.82) is 0 Å². The van der Waals surface area contributed by atoms with Crippen molar-refractivity contribution < 1.29 is 23.5 Å². The van der Waals surface area contributed by atoms with Gasteiger partial charge in [-0.25, -0.2) is 4.39 Å². The van der Waals surface area contributed by atoms with Crippen LogP contribution in [0.5, 0.6) is 11.5 Å². The van der Waals surface area contributed by atoms with Crippen molar-refractivity contribution in [3.63, 3.8) is 0 Å². The number of carbonyl (C=O) groups is 2. The third-order valence-corrected chi connectivity index (χ3v) is 4.66. The molecule has 2 amide bonds. The summed E-state index contributed by atoms with van der Waals surface area (Å²) in [5.74, 6) is -0.614. The minimum absolute atomic E-state index is 0.0487. The number of anilines is 2. The Hall–Kier alpha value is -2.80. The molecule has 0 aromatic heterocycles. The molecule has 1 aliphatic heterocycles. The van der Waals surface area contributed by atoms with Gasteiger partial charge in [-0.1, -0.05) is 11.6 Å². The molecule has 142 valence electrons. The second kappa shape index (κ2) is 7.84. The van der Waals surface area contributed by atoms with Crippen molar-refractivity contribution in [2.45, 2.75) is 6.42 Å². The number of ether oxygens (including phenoxy) is 2. The highest BCUT2D eigenvalue weighted by Crippen LogP contribution is 2.32. The van der Waals surface area contributed by atoms with Crippen molar-refractivity contribution >= 4 is 34.8 Å². The lowest BCUT2D eigenvalue weighted by atomic mass is 10.1. The molecule has 0 radical (unpaired) electrons. The predicted molar refractivity (Wildman–Crippen MR) is 100 cm³/mol. The summed E-state index contributed by atoms with van der Waals surface area (Å²) in [6.07, 6.45) is 0.0487. The molecule has 0 aliphatic carbocycles. The highest BCUT2D eigenvalue weighted by Gasteiger charge is 2.35. The zero-order valence-corrected chi connectivity index (χ0v) is 15.5. The van der Waals surface area contributed by atoms with Crippen LogP contribution >= 0.6 is 11.6 Å². The van der Waals surface area contributed by atoms with Crippen molar-refractivity contribution in [1.82, 2.24) is 0 Å². The van der Waals surface area contributed by atoms with Gasteiger partial charge in [0.05, 0.1) is 30.8 Å². The van der Waals surface area contributed by atoms with E-state index in [1.165, 1.54) is 37.3 Å². The average Bonchev–Trinajstić information content (AvgIpc) is 3.05. The molecule has 1 aliphatic rings. The topological polar surface area (TPSA) is 67.9 Å². The first-order valence-electron chi connectivity index (χ1n) is 8.21. The lowest BCUT2D eigenvalue weighted by molar-refractivity contribution is -0.122. The van der Waals surface area contributed by atoms with E-state index in [0.29, 0.717) is 22.9 Å². The molecule has 2 aromatic rings. The zero-order chi connectivity index (χ0) is 19.6. The SMILES string of the molecule is COc1ccc(OC)c(NC(=O)C2CC(=O)N(c3ccc(F)c(Cl)c3)C2)c1. The summed E-state index contributed by atoms with van der Waals surface area (Å²) >= 11 is 5.79. The van der Waals surface area contributed by atoms with E-state index in [4.69, 9.17) is 21.1 Å². The first-order valence-corrected chi connectivity index (χ1v) is 8.59. The fraction of sp³-hybridized carbons (Fsp3) is 0.263. The van der Waals surface area contributed by atoms with Gasteiger partial charge in [-0.15, -0.1) is 0 Å². The Bertz CT molecular complexity index is 890. The summed E-state index contributed by atoms with van der Waals surface area (Å²) in [5.41, 5.74) is 0.915. The van der Waals surface area contributed by atoms with E-state index in [2.05, 4.69) is 5.32 Å². The largest absolute Gasteiger partial charge is 0.497 e. The Balaban J connectivity index is 1.75. The van der Waals surface area contributed by atoms with Gasteiger partial charge in [0, 0.05) is 24.7 Å². The smallest absolute Gasteiger partial charge is 0.229 e. The van der Waals surface area contributed by atoms with E-state index in [9.17, 15) is 14.0 Å². The Morgan fingerprint density at radius 1 is 1.22 bits per heavy atom. The van der Waals surface area contributed by atoms with Crippen LogP contribution in [0.15, 0.2) is 36.4 Å². The second-order valence-corrected chi connectivity index (χ2v) is 6.47. The van der Waals surface area contributed by atoms with Gasteiger partial charge < -0.3 is 19.7 Å². The molecule has 0 bridgehead atoms. The van der Waals surface area contributed by atoms with Gasteiger partial charge in [-0.05, 0) is 30.3 Å². The fourth-order valence-electron chi connectivity index (χ4n) is 2.93. The third-order valence-electron chi connectivity index (χ3n) is 4.38. The van der Waals surface area contributed by atoms with Gasteiger partial charge in [-0.3, -0.25) is 9.59 Å². The highest BCUT2D eigenvalue weighted by atomic mass is 35.5. The molecule has 1 fully saturated rings. The molecule has 27 heavy (non-hydrogen) atoms. The maximum atomic E-state index is 13.3. The summed E-state index contributed by atoms with van der Waals surface area (Å²) in [5, 5.41) is 2.71. The average molecular weight is 393 g/mol. The van der Waals surface area contributed by atoms with Crippen LogP contribution in [0.25, 0.3) is 0 Å². The number of hydrogen-bond donors (Lipinski definition) is 1. The van der Waals surface area contributed by atoms with Crippen molar-refractivity contribution in [3.8, 4) is 11.5 Å². The number of rotatable bonds is 5. The minimum atomic E-state index is -0.563. The molecule has 6 nitrogen and oxygen atoms in total. The molecule has 0 saturated carbocycles. The number of benzene rings is 2.